The molecule has 2 unspecified atom stereocenters. The van der Waals surface area contributed by atoms with Crippen LogP contribution in [0.3, 0.4) is 0 Å². The number of carbonyl (C=O) groups excluding carboxylic acids is 1. The zero-order chi connectivity index (χ0) is 25.5. The van der Waals surface area contributed by atoms with Crippen LogP contribution in [0.25, 0.3) is 22.5 Å². The lowest BCUT2D eigenvalue weighted by atomic mass is 9.87. The molecule has 1 fully saturated rings. The van der Waals surface area contributed by atoms with Crippen molar-refractivity contribution < 1.29 is 23.8 Å². The van der Waals surface area contributed by atoms with Gasteiger partial charge in [-0.2, -0.15) is 5.10 Å². The molecule has 1 saturated heterocycles. The molecular weight excluding hydrogens is 451 g/mol. The van der Waals surface area contributed by atoms with E-state index in [0.29, 0.717) is 11.4 Å². The van der Waals surface area contributed by atoms with E-state index in [-0.39, 0.29) is 24.7 Å². The van der Waals surface area contributed by atoms with Crippen molar-refractivity contribution in [2.45, 2.75) is 51.2 Å². The Hall–Kier alpha value is -3.75. The largest absolute Gasteiger partial charge is 0.480 e. The Morgan fingerprint density at radius 1 is 1.17 bits per heavy atom. The first kappa shape index (κ1) is 24.4. The molecule has 1 aliphatic rings. The van der Waals surface area contributed by atoms with Gasteiger partial charge >= 0.3 is 12.1 Å². The first-order valence-electron chi connectivity index (χ1n) is 11.4. The summed E-state index contributed by atoms with van der Waals surface area (Å²) in [6.07, 6.45) is 3.05. The van der Waals surface area contributed by atoms with E-state index >= 15 is 0 Å². The number of hydrogen-bond acceptors (Lipinski definition) is 5. The fourth-order valence-electron chi connectivity index (χ4n) is 4.43. The normalized spacial score (nSPS) is 20.2. The smallest absolute Gasteiger partial charge is 0.411 e. The molecule has 184 valence electrons. The number of aryl methyl sites for hydroxylation is 1. The number of ether oxygens (including phenoxy) is 1. The highest BCUT2D eigenvalue weighted by atomic mass is 19.1. The Balaban J connectivity index is 1.77. The molecular formula is C26H29FN4O4. The number of pyridine rings is 1. The van der Waals surface area contributed by atoms with Crippen molar-refractivity contribution in [3.8, 4) is 22.5 Å². The average molecular weight is 481 g/mol. The van der Waals surface area contributed by atoms with Crippen LogP contribution in [0, 0.1) is 5.82 Å². The third-order valence-corrected chi connectivity index (χ3v) is 6.22. The first-order valence-corrected chi connectivity index (χ1v) is 11.4. The number of carboxylic acid groups (broad SMARTS) is 1. The number of aliphatic carboxylic acids is 1. The van der Waals surface area contributed by atoms with Gasteiger partial charge in [-0.05, 0) is 76.1 Å². The SMILES string of the molecule is Cn1ccc(-c2cc(-c3ccc(F)cc3)ncc2C2CN(C(=O)OC(C)(C)C)C(C)(C(=O)O)C2)n1. The summed E-state index contributed by atoms with van der Waals surface area (Å²) in [5.41, 5.74) is 1.44. The second-order valence-electron chi connectivity index (χ2n) is 10.1. The number of rotatable bonds is 4. The molecule has 4 rings (SSSR count). The number of carbonyl (C=O) groups is 2. The summed E-state index contributed by atoms with van der Waals surface area (Å²) in [5, 5.41) is 14.6. The van der Waals surface area contributed by atoms with Crippen LogP contribution in [0.15, 0.2) is 48.8 Å². The zero-order valence-electron chi connectivity index (χ0n) is 20.4. The summed E-state index contributed by atoms with van der Waals surface area (Å²) in [7, 11) is 1.81. The lowest BCUT2D eigenvalue weighted by Crippen LogP contribution is -2.52. The molecule has 3 aromatic rings. The minimum atomic E-state index is -1.44. The number of halogens is 1. The third kappa shape index (κ3) is 4.89. The highest BCUT2D eigenvalue weighted by molar-refractivity contribution is 5.85. The van der Waals surface area contributed by atoms with Gasteiger partial charge in [0.15, 0.2) is 0 Å². The quantitative estimate of drug-likeness (QED) is 0.573. The number of nitrogens with zero attached hydrogens (tertiary/aromatic N) is 4. The lowest BCUT2D eigenvalue weighted by molar-refractivity contribution is -0.148. The van der Waals surface area contributed by atoms with E-state index in [4.69, 9.17) is 4.74 Å². The molecule has 9 heteroatoms. The summed E-state index contributed by atoms with van der Waals surface area (Å²) in [5.74, 6) is -1.74. The summed E-state index contributed by atoms with van der Waals surface area (Å²) in [6.45, 7) is 6.94. The van der Waals surface area contributed by atoms with E-state index in [9.17, 15) is 19.1 Å². The van der Waals surface area contributed by atoms with Crippen molar-refractivity contribution in [2.24, 2.45) is 7.05 Å². The standard InChI is InChI=1S/C26H29FN4O4/c1-25(2,3)35-24(34)31-15-17(13-26(31,4)23(32)33)20-14-28-22(16-6-8-18(27)9-7-16)12-19(20)21-10-11-30(5)29-21/h6-12,14,17H,13,15H2,1-5H3,(H,32,33). The summed E-state index contributed by atoms with van der Waals surface area (Å²) in [6, 6.07) is 9.80. The van der Waals surface area contributed by atoms with Gasteiger partial charge in [0.1, 0.15) is 17.0 Å². The minimum absolute atomic E-state index is 0.162. The number of hydrogen-bond donors (Lipinski definition) is 1. The molecule has 0 saturated carbocycles. The Kier molecular flexibility index (Phi) is 6.12. The molecule has 1 amide bonds. The molecule has 2 atom stereocenters. The summed E-state index contributed by atoms with van der Waals surface area (Å²) >= 11 is 0. The molecule has 8 nitrogen and oxygen atoms in total. The number of benzene rings is 1. The summed E-state index contributed by atoms with van der Waals surface area (Å²) in [4.78, 5) is 31.1. The molecule has 2 aromatic heterocycles. The average Bonchev–Trinajstić information content (AvgIpc) is 3.37. The molecule has 0 spiro atoms. The van der Waals surface area contributed by atoms with Crippen molar-refractivity contribution in [1.82, 2.24) is 19.7 Å². The Morgan fingerprint density at radius 2 is 1.86 bits per heavy atom. The number of aromatic nitrogens is 3. The van der Waals surface area contributed by atoms with E-state index in [1.807, 2.05) is 25.4 Å². The predicted molar refractivity (Wildman–Crippen MR) is 128 cm³/mol. The van der Waals surface area contributed by atoms with Crippen LogP contribution in [-0.4, -0.2) is 54.5 Å². The van der Waals surface area contributed by atoms with Crippen LogP contribution in [0.4, 0.5) is 9.18 Å². The van der Waals surface area contributed by atoms with Gasteiger partial charge in [-0.25, -0.2) is 14.0 Å². The van der Waals surface area contributed by atoms with Crippen molar-refractivity contribution in [1.29, 1.82) is 0 Å². The maximum absolute atomic E-state index is 13.4. The van der Waals surface area contributed by atoms with Crippen LogP contribution >= 0.6 is 0 Å². The molecule has 0 bridgehead atoms. The van der Waals surface area contributed by atoms with E-state index in [2.05, 4.69) is 10.1 Å². The lowest BCUT2D eigenvalue weighted by Gasteiger charge is -2.32. The molecule has 3 heterocycles. The molecule has 1 aromatic carbocycles. The van der Waals surface area contributed by atoms with Crippen molar-refractivity contribution >= 4 is 12.1 Å². The van der Waals surface area contributed by atoms with Crippen molar-refractivity contribution in [3.05, 3.63) is 60.2 Å². The van der Waals surface area contributed by atoms with Gasteiger partial charge < -0.3 is 9.84 Å². The Morgan fingerprint density at radius 3 is 2.43 bits per heavy atom. The molecule has 0 aliphatic carbocycles. The van der Waals surface area contributed by atoms with E-state index in [1.54, 1.807) is 50.7 Å². The van der Waals surface area contributed by atoms with Gasteiger partial charge in [0.05, 0.1) is 11.4 Å². The van der Waals surface area contributed by atoms with Crippen LogP contribution < -0.4 is 0 Å². The monoisotopic (exact) mass is 480 g/mol. The van der Waals surface area contributed by atoms with E-state index in [0.717, 1.165) is 16.7 Å². The van der Waals surface area contributed by atoms with Crippen LogP contribution in [0.1, 0.15) is 45.6 Å². The van der Waals surface area contributed by atoms with Crippen LogP contribution in [0.2, 0.25) is 0 Å². The highest BCUT2D eigenvalue weighted by Crippen LogP contribution is 2.43. The molecule has 1 aliphatic heterocycles. The molecule has 1 N–H and O–H groups in total. The van der Waals surface area contributed by atoms with Gasteiger partial charge in [0, 0.05) is 43.0 Å². The second-order valence-corrected chi connectivity index (χ2v) is 10.1. The van der Waals surface area contributed by atoms with Gasteiger partial charge in [-0.15, -0.1) is 0 Å². The first-order chi connectivity index (χ1) is 16.4. The topological polar surface area (TPSA) is 97.6 Å². The van der Waals surface area contributed by atoms with Gasteiger partial charge in [0.25, 0.3) is 0 Å². The Bertz CT molecular complexity index is 1270. The predicted octanol–water partition coefficient (Wildman–Crippen LogP) is 4.86. The number of amides is 1. The minimum Gasteiger partial charge on any atom is -0.480 e. The van der Waals surface area contributed by atoms with E-state index < -0.39 is 23.2 Å². The molecule has 35 heavy (non-hydrogen) atoms. The second kappa shape index (κ2) is 8.79. The van der Waals surface area contributed by atoms with Crippen LogP contribution in [-0.2, 0) is 16.6 Å². The number of likely N-dealkylation sites (tertiary alicyclic amines) is 1. The van der Waals surface area contributed by atoms with E-state index in [1.165, 1.54) is 17.0 Å². The number of carboxylic acids is 1. The Labute approximate surface area is 203 Å². The fraction of sp³-hybridized carbons (Fsp3) is 0.385. The maximum Gasteiger partial charge on any atom is 0.411 e. The van der Waals surface area contributed by atoms with Crippen LogP contribution in [0.5, 0.6) is 0 Å². The summed E-state index contributed by atoms with van der Waals surface area (Å²) < 4.78 is 20.6. The van der Waals surface area contributed by atoms with Crippen molar-refractivity contribution in [2.75, 3.05) is 6.54 Å². The van der Waals surface area contributed by atoms with Gasteiger partial charge in [-0.1, -0.05) is 0 Å². The third-order valence-electron chi connectivity index (χ3n) is 6.22. The fourth-order valence-corrected chi connectivity index (χ4v) is 4.43. The molecule has 0 radical (unpaired) electrons. The van der Waals surface area contributed by atoms with Gasteiger partial charge in [0.2, 0.25) is 0 Å². The zero-order valence-corrected chi connectivity index (χ0v) is 20.4. The van der Waals surface area contributed by atoms with Crippen molar-refractivity contribution in [3.63, 3.8) is 0 Å². The van der Waals surface area contributed by atoms with Gasteiger partial charge in [-0.3, -0.25) is 14.6 Å². The highest BCUT2D eigenvalue weighted by Gasteiger charge is 2.52. The maximum atomic E-state index is 13.4.